The molecule has 2 aliphatic rings. The number of fused-ring (bicyclic) bond motifs is 1. The summed E-state index contributed by atoms with van der Waals surface area (Å²) in [7, 11) is -2.85. The number of hydrogen-bond acceptors (Lipinski definition) is 4. The van der Waals surface area contributed by atoms with Crippen LogP contribution in [0.4, 0.5) is 0 Å². The van der Waals surface area contributed by atoms with E-state index in [4.69, 9.17) is 4.74 Å². The summed E-state index contributed by atoms with van der Waals surface area (Å²) in [6, 6.07) is 6.24. The van der Waals surface area contributed by atoms with Gasteiger partial charge in [-0.3, -0.25) is 0 Å². The first-order valence-electron chi connectivity index (χ1n) is 7.23. The lowest BCUT2D eigenvalue weighted by Crippen LogP contribution is -2.36. The third-order valence-corrected chi connectivity index (χ3v) is 6.44. The second kappa shape index (κ2) is 5.37. The summed E-state index contributed by atoms with van der Waals surface area (Å²) in [4.78, 5) is 0. The average molecular weight is 295 g/mol. The first-order chi connectivity index (χ1) is 9.54. The van der Waals surface area contributed by atoms with Crippen LogP contribution in [0.15, 0.2) is 18.2 Å². The molecule has 5 heteroatoms. The number of hydrogen-bond donors (Lipinski definition) is 1. The summed E-state index contributed by atoms with van der Waals surface area (Å²) >= 11 is 0. The Kier molecular flexibility index (Phi) is 3.73. The van der Waals surface area contributed by atoms with Crippen LogP contribution < -0.4 is 10.1 Å². The van der Waals surface area contributed by atoms with Crippen LogP contribution in [0.1, 0.15) is 24.0 Å². The Morgan fingerprint density at radius 3 is 2.95 bits per heavy atom. The quantitative estimate of drug-likeness (QED) is 0.914. The molecule has 3 rings (SSSR count). The van der Waals surface area contributed by atoms with Crippen molar-refractivity contribution in [3.05, 3.63) is 29.3 Å². The normalized spacial score (nSPS) is 27.2. The van der Waals surface area contributed by atoms with E-state index in [1.165, 1.54) is 11.1 Å². The first kappa shape index (κ1) is 13.9. The van der Waals surface area contributed by atoms with Gasteiger partial charge in [0.2, 0.25) is 0 Å². The monoisotopic (exact) mass is 295 g/mol. The Balaban J connectivity index is 1.49. The Bertz CT molecular complexity index is 597. The van der Waals surface area contributed by atoms with Crippen LogP contribution in [0.2, 0.25) is 0 Å². The molecule has 2 unspecified atom stereocenters. The van der Waals surface area contributed by atoms with Gasteiger partial charge in [0.15, 0.2) is 9.84 Å². The van der Waals surface area contributed by atoms with E-state index >= 15 is 0 Å². The second-order valence-corrected chi connectivity index (χ2v) is 8.25. The number of ether oxygens (including phenoxy) is 1. The van der Waals surface area contributed by atoms with Crippen LogP contribution in [0, 0.1) is 6.92 Å². The third kappa shape index (κ3) is 2.83. The fraction of sp³-hybridized carbons (Fsp3) is 0.600. The molecule has 2 atom stereocenters. The summed E-state index contributed by atoms with van der Waals surface area (Å²) in [5.41, 5.74) is 2.50. The predicted molar refractivity (Wildman–Crippen MR) is 79.0 cm³/mol. The molecular formula is C15H21NO3S. The molecule has 0 aliphatic carbocycles. The molecule has 2 aliphatic heterocycles. The molecule has 4 nitrogen and oxygen atoms in total. The van der Waals surface area contributed by atoms with Crippen LogP contribution in [0.5, 0.6) is 5.75 Å². The molecular weight excluding hydrogens is 274 g/mol. The predicted octanol–water partition coefficient (Wildman–Crippen LogP) is 1.47. The third-order valence-electron chi connectivity index (χ3n) is 4.16. The van der Waals surface area contributed by atoms with E-state index in [-0.39, 0.29) is 11.4 Å². The second-order valence-electron chi connectivity index (χ2n) is 5.84. The van der Waals surface area contributed by atoms with E-state index in [9.17, 15) is 8.42 Å². The van der Waals surface area contributed by atoms with Crippen molar-refractivity contribution in [2.45, 2.75) is 37.5 Å². The van der Waals surface area contributed by atoms with Gasteiger partial charge in [-0.25, -0.2) is 8.42 Å². The summed E-state index contributed by atoms with van der Waals surface area (Å²) in [5.74, 6) is 1.32. The highest BCUT2D eigenvalue weighted by Crippen LogP contribution is 2.29. The van der Waals surface area contributed by atoms with Crippen LogP contribution in [0.3, 0.4) is 0 Å². The minimum atomic E-state index is -2.85. The number of sulfone groups is 1. The van der Waals surface area contributed by atoms with Gasteiger partial charge in [0.25, 0.3) is 0 Å². The van der Waals surface area contributed by atoms with Gasteiger partial charge in [-0.1, -0.05) is 17.7 Å². The molecule has 110 valence electrons. The average Bonchev–Trinajstić information content (AvgIpc) is 2.92. The maximum absolute atomic E-state index is 11.7. The zero-order valence-corrected chi connectivity index (χ0v) is 12.6. The van der Waals surface area contributed by atoms with Crippen molar-refractivity contribution < 1.29 is 13.2 Å². The zero-order valence-electron chi connectivity index (χ0n) is 11.8. The lowest BCUT2D eigenvalue weighted by Gasteiger charge is -2.14. The summed E-state index contributed by atoms with van der Waals surface area (Å²) in [6.07, 6.45) is 2.62. The smallest absolute Gasteiger partial charge is 0.154 e. The fourth-order valence-corrected chi connectivity index (χ4v) is 4.86. The van der Waals surface area contributed by atoms with Gasteiger partial charge in [-0.05, 0) is 31.4 Å². The number of benzene rings is 1. The Morgan fingerprint density at radius 1 is 1.35 bits per heavy atom. The van der Waals surface area contributed by atoms with Crippen molar-refractivity contribution in [2.75, 3.05) is 18.8 Å². The number of nitrogens with one attached hydrogen (secondary N) is 1. The molecule has 0 spiro atoms. The van der Waals surface area contributed by atoms with Crippen LogP contribution in [-0.4, -0.2) is 38.6 Å². The van der Waals surface area contributed by atoms with Crippen molar-refractivity contribution in [3.63, 3.8) is 0 Å². The Labute approximate surface area is 120 Å². The van der Waals surface area contributed by atoms with Gasteiger partial charge in [-0.2, -0.15) is 0 Å². The molecule has 0 radical (unpaired) electrons. The van der Waals surface area contributed by atoms with Gasteiger partial charge in [0, 0.05) is 19.5 Å². The van der Waals surface area contributed by atoms with Gasteiger partial charge in [-0.15, -0.1) is 0 Å². The van der Waals surface area contributed by atoms with Crippen molar-refractivity contribution >= 4 is 9.84 Å². The minimum absolute atomic E-state index is 0.121. The molecule has 1 N–H and O–H groups in total. The van der Waals surface area contributed by atoms with E-state index in [0.29, 0.717) is 18.8 Å². The summed E-state index contributed by atoms with van der Waals surface area (Å²) in [6.45, 7) is 3.34. The maximum atomic E-state index is 11.7. The van der Waals surface area contributed by atoms with E-state index < -0.39 is 9.84 Å². The molecule has 20 heavy (non-hydrogen) atoms. The van der Waals surface area contributed by atoms with Crippen molar-refractivity contribution in [3.8, 4) is 5.75 Å². The highest BCUT2D eigenvalue weighted by molar-refractivity contribution is 7.92. The maximum Gasteiger partial charge on any atom is 0.154 e. The Hall–Kier alpha value is -1.07. The summed E-state index contributed by atoms with van der Waals surface area (Å²) < 4.78 is 29.3. The molecule has 2 heterocycles. The van der Waals surface area contributed by atoms with Crippen LogP contribution in [0.25, 0.3) is 0 Å². The molecule has 1 saturated heterocycles. The van der Waals surface area contributed by atoms with Gasteiger partial charge >= 0.3 is 0 Å². The lowest BCUT2D eigenvalue weighted by atomic mass is 10.1. The van der Waals surface area contributed by atoms with Crippen LogP contribution >= 0.6 is 0 Å². The van der Waals surface area contributed by atoms with Crippen LogP contribution in [-0.2, 0) is 16.3 Å². The molecule has 1 aromatic rings. The fourth-order valence-electron chi connectivity index (χ4n) is 3.06. The molecule has 0 bridgehead atoms. The molecule has 0 saturated carbocycles. The van der Waals surface area contributed by atoms with E-state index in [1.54, 1.807) is 0 Å². The van der Waals surface area contributed by atoms with Gasteiger partial charge in [0.1, 0.15) is 11.9 Å². The topological polar surface area (TPSA) is 55.4 Å². The molecule has 1 aromatic carbocycles. The number of aryl methyl sites for hydroxylation is 1. The van der Waals surface area contributed by atoms with Gasteiger partial charge < -0.3 is 10.1 Å². The zero-order chi connectivity index (χ0) is 14.2. The van der Waals surface area contributed by atoms with Crippen molar-refractivity contribution in [1.82, 2.24) is 5.32 Å². The molecule has 0 amide bonds. The SMILES string of the molecule is Cc1ccc2c(c1)CC(CNCC1CCCS1(=O)=O)O2. The highest BCUT2D eigenvalue weighted by Gasteiger charge is 2.31. The van der Waals surface area contributed by atoms with E-state index in [1.807, 2.05) is 6.07 Å². The largest absolute Gasteiger partial charge is 0.488 e. The first-order valence-corrected chi connectivity index (χ1v) is 8.94. The van der Waals surface area contributed by atoms with Gasteiger partial charge in [0.05, 0.1) is 11.0 Å². The van der Waals surface area contributed by atoms with Crippen molar-refractivity contribution in [1.29, 1.82) is 0 Å². The summed E-state index contributed by atoms with van der Waals surface area (Å²) in [5, 5.41) is 3.07. The number of rotatable bonds is 4. The minimum Gasteiger partial charge on any atom is -0.488 e. The van der Waals surface area contributed by atoms with E-state index in [0.717, 1.165) is 25.0 Å². The lowest BCUT2D eigenvalue weighted by molar-refractivity contribution is 0.228. The van der Waals surface area contributed by atoms with E-state index in [2.05, 4.69) is 24.4 Å². The molecule has 1 fully saturated rings. The highest BCUT2D eigenvalue weighted by atomic mass is 32.2. The van der Waals surface area contributed by atoms with Crippen molar-refractivity contribution in [2.24, 2.45) is 0 Å². The molecule has 0 aromatic heterocycles. The Morgan fingerprint density at radius 2 is 2.20 bits per heavy atom. The standard InChI is InChI=1S/C15H21NO3S/c1-11-4-5-15-12(7-11)8-13(19-15)9-16-10-14-3-2-6-20(14,17)18/h4-5,7,13-14,16H,2-3,6,8-10H2,1H3.